The van der Waals surface area contributed by atoms with Gasteiger partial charge >= 0.3 is 0 Å². The number of unbranched alkanes of at least 4 members (excludes halogenated alkanes) is 2. The fraction of sp³-hybridized carbons (Fsp3) is 0.619. The summed E-state index contributed by atoms with van der Waals surface area (Å²) >= 11 is 0. The van der Waals surface area contributed by atoms with Gasteiger partial charge in [-0.25, -0.2) is 4.39 Å². The lowest BCUT2D eigenvalue weighted by atomic mass is 9.94. The maximum absolute atomic E-state index is 14.6. The average Bonchev–Trinajstić information content (AvgIpc) is 2.94. The lowest BCUT2D eigenvalue weighted by molar-refractivity contribution is 0.547. The quantitative estimate of drug-likeness (QED) is 0.120. The number of rotatable bonds is 18. The summed E-state index contributed by atoms with van der Waals surface area (Å²) < 4.78 is 14.6. The molecule has 0 saturated carbocycles. The molecule has 0 N–H and O–H groups in total. The van der Waals surface area contributed by atoms with E-state index < -0.39 is 0 Å². The molecule has 2 aromatic carbocycles. The SMILES string of the molecule is C=C(CCCCc1cc(C)cc(CCC(C)C)c1F)C(C)C.C=C(CCCCc1cc(CCC(C)C)ccc1C)C(C)C. The van der Waals surface area contributed by atoms with Gasteiger partial charge in [0.1, 0.15) is 5.82 Å². The van der Waals surface area contributed by atoms with Gasteiger partial charge in [-0.3, -0.25) is 0 Å². The zero-order valence-electron chi connectivity index (χ0n) is 30.0. The van der Waals surface area contributed by atoms with Gasteiger partial charge in [0.15, 0.2) is 0 Å². The molecule has 0 unspecified atom stereocenters. The summed E-state index contributed by atoms with van der Waals surface area (Å²) in [6.07, 6.45) is 13.4. The highest BCUT2D eigenvalue weighted by Crippen LogP contribution is 2.23. The number of benzene rings is 2. The smallest absolute Gasteiger partial charge is 0.129 e. The Morgan fingerprint density at radius 1 is 0.605 bits per heavy atom. The Balaban J connectivity index is 0.000000430. The monoisotopic (exact) mass is 591 g/mol. The molecule has 0 radical (unpaired) electrons. The maximum atomic E-state index is 14.6. The van der Waals surface area contributed by atoms with Gasteiger partial charge in [0.25, 0.3) is 0 Å². The lowest BCUT2D eigenvalue weighted by Gasteiger charge is -2.12. The molecule has 0 fully saturated rings. The van der Waals surface area contributed by atoms with Crippen LogP contribution >= 0.6 is 0 Å². The van der Waals surface area contributed by atoms with Crippen LogP contribution in [0.5, 0.6) is 0 Å². The first-order chi connectivity index (χ1) is 20.2. The van der Waals surface area contributed by atoms with Crippen LogP contribution in [-0.4, -0.2) is 0 Å². The summed E-state index contributed by atoms with van der Waals surface area (Å²) in [6, 6.07) is 11.1. The van der Waals surface area contributed by atoms with E-state index in [0.29, 0.717) is 17.8 Å². The largest absolute Gasteiger partial charge is 0.206 e. The molecule has 0 heterocycles. The van der Waals surface area contributed by atoms with E-state index in [1.165, 1.54) is 66.4 Å². The molecule has 242 valence electrons. The Morgan fingerprint density at radius 2 is 1.07 bits per heavy atom. The van der Waals surface area contributed by atoms with E-state index in [1.54, 1.807) is 5.56 Å². The zero-order chi connectivity index (χ0) is 32.5. The van der Waals surface area contributed by atoms with E-state index in [4.69, 9.17) is 0 Å². The van der Waals surface area contributed by atoms with Crippen LogP contribution in [0.15, 0.2) is 54.6 Å². The van der Waals surface area contributed by atoms with Crippen LogP contribution in [-0.2, 0) is 25.7 Å². The van der Waals surface area contributed by atoms with E-state index in [0.717, 1.165) is 55.6 Å². The molecule has 1 heteroatoms. The van der Waals surface area contributed by atoms with Crippen molar-refractivity contribution >= 4 is 0 Å². The third kappa shape index (κ3) is 16.5. The highest BCUT2D eigenvalue weighted by atomic mass is 19.1. The number of halogens is 1. The fourth-order valence-corrected chi connectivity index (χ4v) is 5.25. The van der Waals surface area contributed by atoms with E-state index in [9.17, 15) is 4.39 Å². The van der Waals surface area contributed by atoms with E-state index in [2.05, 4.69) is 101 Å². The van der Waals surface area contributed by atoms with Crippen molar-refractivity contribution in [3.8, 4) is 0 Å². The summed E-state index contributed by atoms with van der Waals surface area (Å²) in [7, 11) is 0. The summed E-state index contributed by atoms with van der Waals surface area (Å²) in [4.78, 5) is 0. The highest BCUT2D eigenvalue weighted by Gasteiger charge is 2.11. The molecule has 2 rings (SSSR count). The molecule has 0 bridgehead atoms. The molecule has 0 aromatic heterocycles. The fourth-order valence-electron chi connectivity index (χ4n) is 5.25. The normalized spacial score (nSPS) is 11.4. The second-order valence-electron chi connectivity index (χ2n) is 14.6. The molecule has 0 aliphatic carbocycles. The van der Waals surface area contributed by atoms with Crippen molar-refractivity contribution < 1.29 is 4.39 Å². The molecular formula is C42H67F. The van der Waals surface area contributed by atoms with Crippen LogP contribution in [0.3, 0.4) is 0 Å². The van der Waals surface area contributed by atoms with Gasteiger partial charge in [0.05, 0.1) is 0 Å². The zero-order valence-corrected chi connectivity index (χ0v) is 30.0. The van der Waals surface area contributed by atoms with Gasteiger partial charge < -0.3 is 0 Å². The topological polar surface area (TPSA) is 0 Å². The van der Waals surface area contributed by atoms with Gasteiger partial charge in [-0.15, -0.1) is 0 Å². The molecule has 0 amide bonds. The minimum Gasteiger partial charge on any atom is -0.206 e. The number of hydrogen-bond acceptors (Lipinski definition) is 0. The van der Waals surface area contributed by atoms with Crippen molar-refractivity contribution in [2.24, 2.45) is 23.7 Å². The highest BCUT2D eigenvalue weighted by molar-refractivity contribution is 5.32. The molecule has 0 nitrogen and oxygen atoms in total. The summed E-state index contributed by atoms with van der Waals surface area (Å²) in [5.74, 6) is 2.63. The van der Waals surface area contributed by atoms with E-state index in [-0.39, 0.29) is 5.82 Å². The summed E-state index contributed by atoms with van der Waals surface area (Å²) in [5.41, 5.74) is 10.2. The van der Waals surface area contributed by atoms with Crippen molar-refractivity contribution in [3.63, 3.8) is 0 Å². The average molecular weight is 591 g/mol. The second kappa shape index (κ2) is 20.7. The molecular weight excluding hydrogens is 523 g/mol. The van der Waals surface area contributed by atoms with Crippen molar-refractivity contribution in [3.05, 3.63) is 93.8 Å². The Hall–Kier alpha value is -2.15. The summed E-state index contributed by atoms with van der Waals surface area (Å²) in [6.45, 7) is 30.4. The van der Waals surface area contributed by atoms with Crippen molar-refractivity contribution in [2.45, 2.75) is 146 Å². The van der Waals surface area contributed by atoms with E-state index >= 15 is 0 Å². The summed E-state index contributed by atoms with van der Waals surface area (Å²) in [5, 5.41) is 0. The predicted octanol–water partition coefficient (Wildman–Crippen LogP) is 13.2. The van der Waals surface area contributed by atoms with Crippen LogP contribution in [0.4, 0.5) is 4.39 Å². The molecule has 0 atom stereocenters. The van der Waals surface area contributed by atoms with Gasteiger partial charge in [0, 0.05) is 0 Å². The standard InChI is InChI=1S/C21H33F.C21H34/c1-15(2)11-12-20-14-17(5)13-19(21(20)22)10-8-7-9-18(6)16(3)4;1-16(2)11-13-20-14-12-19(6)21(15-20)10-8-7-9-18(5)17(3)4/h13-16H,6-12H2,1-5H3;12,14-17H,5,7-11,13H2,1-4,6H3. The van der Waals surface area contributed by atoms with Crippen LogP contribution in [0.2, 0.25) is 0 Å². The van der Waals surface area contributed by atoms with Crippen LogP contribution in [0.25, 0.3) is 0 Å². The van der Waals surface area contributed by atoms with Crippen LogP contribution in [0.1, 0.15) is 140 Å². The number of hydrogen-bond donors (Lipinski definition) is 0. The Labute approximate surface area is 267 Å². The maximum Gasteiger partial charge on any atom is 0.129 e. The molecule has 0 aliphatic rings. The molecule has 0 aliphatic heterocycles. The first-order valence-electron chi connectivity index (χ1n) is 17.4. The minimum atomic E-state index is 0.0361. The lowest BCUT2D eigenvalue weighted by Crippen LogP contribution is -2.01. The Bertz CT molecular complexity index is 1100. The molecule has 0 spiro atoms. The van der Waals surface area contributed by atoms with Crippen LogP contribution in [0, 0.1) is 43.3 Å². The van der Waals surface area contributed by atoms with Crippen LogP contribution < -0.4 is 0 Å². The minimum absolute atomic E-state index is 0.0361. The van der Waals surface area contributed by atoms with Gasteiger partial charge in [-0.05, 0) is 142 Å². The van der Waals surface area contributed by atoms with Gasteiger partial charge in [-0.2, -0.15) is 0 Å². The van der Waals surface area contributed by atoms with E-state index in [1.807, 2.05) is 12.1 Å². The first-order valence-corrected chi connectivity index (χ1v) is 17.4. The Kier molecular flexibility index (Phi) is 18.8. The third-order valence-electron chi connectivity index (χ3n) is 8.80. The molecule has 0 saturated heterocycles. The number of aryl methyl sites for hydroxylation is 6. The van der Waals surface area contributed by atoms with Gasteiger partial charge in [-0.1, -0.05) is 116 Å². The van der Waals surface area contributed by atoms with Crippen molar-refractivity contribution in [2.75, 3.05) is 0 Å². The third-order valence-corrected chi connectivity index (χ3v) is 8.80. The molecule has 43 heavy (non-hydrogen) atoms. The predicted molar refractivity (Wildman–Crippen MR) is 192 cm³/mol. The first kappa shape index (κ1) is 38.9. The van der Waals surface area contributed by atoms with Gasteiger partial charge in [0.2, 0.25) is 0 Å². The second-order valence-corrected chi connectivity index (χ2v) is 14.6. The Morgan fingerprint density at radius 3 is 1.56 bits per heavy atom. The van der Waals surface area contributed by atoms with Crippen molar-refractivity contribution in [1.82, 2.24) is 0 Å². The molecule has 2 aromatic rings. The van der Waals surface area contributed by atoms with Crippen molar-refractivity contribution in [1.29, 1.82) is 0 Å². The number of allylic oxidation sites excluding steroid dienone is 2.